The first-order chi connectivity index (χ1) is 32.1. The number of Topliss-reactive ketones (excluding diaryl/α,β-unsaturated/α-hetero) is 3. The molecule has 17 heteroatoms. The molecule has 2 saturated carbocycles. The highest BCUT2D eigenvalue weighted by atomic mass is 32.2. The van der Waals surface area contributed by atoms with Crippen LogP contribution in [-0.4, -0.2) is 135 Å². The molecule has 16 nitrogen and oxygen atoms in total. The van der Waals surface area contributed by atoms with Crippen molar-refractivity contribution in [3.63, 3.8) is 0 Å². The lowest BCUT2D eigenvalue weighted by Crippen LogP contribution is -2.59. The van der Waals surface area contributed by atoms with E-state index in [2.05, 4.69) is 4.72 Å². The van der Waals surface area contributed by atoms with E-state index in [1.165, 1.54) is 33.9 Å². The number of fused-ring (bicyclic) bond motifs is 2. The number of carbonyl (C=O) groups is 5. The Morgan fingerprint density at radius 2 is 1.59 bits per heavy atom. The number of allylic oxidation sites excluding steroid dienone is 6. The second-order valence-electron chi connectivity index (χ2n) is 20.0. The zero-order valence-corrected chi connectivity index (χ0v) is 42.7. The highest BCUT2D eigenvalue weighted by Gasteiger charge is 2.52. The van der Waals surface area contributed by atoms with Crippen molar-refractivity contribution in [1.29, 1.82) is 0 Å². The van der Waals surface area contributed by atoms with Crippen LogP contribution in [0.1, 0.15) is 126 Å². The predicted octanol–water partition coefficient (Wildman–Crippen LogP) is 5.91. The van der Waals surface area contributed by atoms with E-state index in [1.54, 1.807) is 66.0 Å². The molecule has 0 aromatic heterocycles. The topological polar surface area (TPSA) is 225 Å². The van der Waals surface area contributed by atoms with Crippen LogP contribution in [0.2, 0.25) is 0 Å². The minimum absolute atomic E-state index is 0.0138. The number of cyclic esters (lactones) is 1. The molecule has 1 saturated heterocycles. The fourth-order valence-electron chi connectivity index (χ4n) is 9.47. The number of nitrogens with zero attached hydrogens (tertiary/aromatic N) is 1. The van der Waals surface area contributed by atoms with Crippen LogP contribution in [-0.2, 0) is 58.9 Å². The number of ketones is 3. The minimum Gasteiger partial charge on any atom is -0.460 e. The molecule has 2 aliphatic heterocycles. The molecule has 15 atom stereocenters. The van der Waals surface area contributed by atoms with Crippen molar-refractivity contribution in [2.45, 2.75) is 180 Å². The molecule has 4 rings (SSSR count). The standard InChI is InChI=1S/C51H80N2O14S/c1-30-16-14-12-11-13-15-17-31(2)45(55)47(64-10)46(56)34(5)24-32(3)41(54)28-43(33(4)25-38-21-23-42(44(26-38)63-9)65-29-37-19-20-37)66-50(59)36(7)53(8)49(58)48(57)51(60)35(6)18-22-39(67-51)27-40(30)52-68(61)62/h11-14,16,24,31-33,35-40,42-44,46-47,52,56,60H,15,17-23,25-29H2,1-10H3,(H,61,62)/b13-11-,14-12-,30-16-,34-24-/t31?,32?,33-,35+,36?,38+,39-,40?,42-,43?,44-,46?,47?,51+/m1/s1. The highest BCUT2D eigenvalue weighted by molar-refractivity contribution is 7.77. The fourth-order valence-corrected chi connectivity index (χ4v) is 9.99. The van der Waals surface area contributed by atoms with Gasteiger partial charge in [-0.2, -0.15) is 0 Å². The Morgan fingerprint density at radius 1 is 0.897 bits per heavy atom. The lowest BCUT2D eigenvalue weighted by Gasteiger charge is -2.41. The van der Waals surface area contributed by atoms with E-state index in [4.69, 9.17) is 23.7 Å². The molecule has 4 aliphatic rings. The van der Waals surface area contributed by atoms with E-state index in [1.807, 2.05) is 19.1 Å². The van der Waals surface area contributed by atoms with Crippen molar-refractivity contribution in [1.82, 2.24) is 9.62 Å². The van der Waals surface area contributed by atoms with Gasteiger partial charge in [0.25, 0.3) is 11.7 Å². The summed E-state index contributed by atoms with van der Waals surface area (Å²) in [6, 6.07) is -2.05. The molecule has 0 spiro atoms. The highest BCUT2D eigenvalue weighted by Crippen LogP contribution is 2.38. The van der Waals surface area contributed by atoms with Crippen molar-refractivity contribution in [3.8, 4) is 0 Å². The van der Waals surface area contributed by atoms with Gasteiger partial charge in [0.05, 0.1) is 18.3 Å². The number of hydrogen-bond donors (Lipinski definition) is 4. The van der Waals surface area contributed by atoms with Crippen LogP contribution in [0, 0.1) is 35.5 Å². The number of rotatable bonds is 10. The molecule has 8 unspecified atom stereocenters. The third-order valence-electron chi connectivity index (χ3n) is 14.7. The monoisotopic (exact) mass is 977 g/mol. The van der Waals surface area contributed by atoms with E-state index in [0.29, 0.717) is 49.2 Å². The summed E-state index contributed by atoms with van der Waals surface area (Å²) < 4.78 is 54.2. The summed E-state index contributed by atoms with van der Waals surface area (Å²) in [5, 5.41) is 23.2. The first kappa shape index (κ1) is 57.3. The number of methoxy groups -OCH3 is 2. The van der Waals surface area contributed by atoms with E-state index >= 15 is 0 Å². The minimum atomic E-state index is -2.56. The van der Waals surface area contributed by atoms with E-state index in [0.717, 1.165) is 30.8 Å². The number of hydrogen-bond acceptors (Lipinski definition) is 13. The van der Waals surface area contributed by atoms with E-state index in [9.17, 15) is 42.9 Å². The summed E-state index contributed by atoms with van der Waals surface area (Å²) in [6.45, 7) is 12.5. The molecule has 384 valence electrons. The summed E-state index contributed by atoms with van der Waals surface area (Å²) in [7, 11) is 4.30. The maximum Gasteiger partial charge on any atom is 0.328 e. The Hall–Kier alpha value is -3.26. The van der Waals surface area contributed by atoms with Gasteiger partial charge in [-0.15, -0.1) is 0 Å². The Labute approximate surface area is 406 Å². The van der Waals surface area contributed by atoms with Crippen molar-refractivity contribution in [2.24, 2.45) is 35.5 Å². The first-order valence-corrected chi connectivity index (χ1v) is 25.6. The number of ether oxygens (including phenoxy) is 5. The summed E-state index contributed by atoms with van der Waals surface area (Å²) in [5.74, 6) is -8.03. The second kappa shape index (κ2) is 26.8. The van der Waals surface area contributed by atoms with Crippen LogP contribution in [0.15, 0.2) is 47.6 Å². The lowest BCUT2D eigenvalue weighted by molar-refractivity contribution is -0.263. The van der Waals surface area contributed by atoms with Crippen molar-refractivity contribution >= 4 is 40.5 Å². The summed E-state index contributed by atoms with van der Waals surface area (Å²) in [4.78, 5) is 70.6. The van der Waals surface area contributed by atoms with E-state index < -0.39 is 89.0 Å². The third-order valence-corrected chi connectivity index (χ3v) is 15.1. The molecule has 3 fully saturated rings. The van der Waals surface area contributed by atoms with Gasteiger partial charge >= 0.3 is 5.97 Å². The van der Waals surface area contributed by atoms with Gasteiger partial charge in [-0.05, 0) is 115 Å². The first-order valence-electron chi connectivity index (χ1n) is 24.5. The maximum atomic E-state index is 14.1. The number of amides is 1. The van der Waals surface area contributed by atoms with Crippen LogP contribution >= 0.6 is 0 Å². The van der Waals surface area contributed by atoms with Gasteiger partial charge in [-0.1, -0.05) is 69.7 Å². The van der Waals surface area contributed by atoms with Gasteiger partial charge in [0.1, 0.15) is 30.1 Å². The molecule has 0 aromatic rings. The quantitative estimate of drug-likeness (QED) is 0.0865. The van der Waals surface area contributed by atoms with Gasteiger partial charge in [0, 0.05) is 58.1 Å². The molecule has 2 aliphatic carbocycles. The summed E-state index contributed by atoms with van der Waals surface area (Å²) in [6.07, 6.45) is 13.1. The van der Waals surface area contributed by atoms with Gasteiger partial charge in [-0.25, -0.2) is 13.7 Å². The molecule has 2 bridgehead atoms. The smallest absolute Gasteiger partial charge is 0.328 e. The lowest BCUT2D eigenvalue weighted by atomic mass is 9.78. The van der Waals surface area contributed by atoms with E-state index in [-0.39, 0.29) is 48.5 Å². The van der Waals surface area contributed by atoms with Crippen LogP contribution in [0.25, 0.3) is 0 Å². The number of aliphatic hydroxyl groups excluding tert-OH is 1. The number of nitrogens with one attached hydrogen (secondary N) is 1. The molecule has 2 heterocycles. The fraction of sp³-hybridized carbons (Fsp3) is 0.745. The molecule has 4 N–H and O–H groups in total. The zero-order valence-electron chi connectivity index (χ0n) is 41.9. The largest absolute Gasteiger partial charge is 0.460 e. The molecule has 1 amide bonds. The van der Waals surface area contributed by atoms with Gasteiger partial charge in [0.15, 0.2) is 5.78 Å². The maximum absolute atomic E-state index is 14.1. The van der Waals surface area contributed by atoms with Gasteiger partial charge in [0.2, 0.25) is 17.1 Å². The van der Waals surface area contributed by atoms with Crippen LogP contribution in [0.5, 0.6) is 0 Å². The Kier molecular flexibility index (Phi) is 22.6. The number of carbonyl (C=O) groups excluding carboxylic acids is 5. The van der Waals surface area contributed by atoms with Crippen molar-refractivity contribution in [2.75, 3.05) is 27.9 Å². The molecular formula is C51H80N2O14S. The number of likely N-dealkylation sites (N-methyl/N-ethyl adjacent to an activating group) is 1. The average molecular weight is 977 g/mol. The Bertz CT molecular complexity index is 1880. The summed E-state index contributed by atoms with van der Waals surface area (Å²) >= 11 is -2.43. The van der Waals surface area contributed by atoms with Crippen molar-refractivity contribution in [3.05, 3.63) is 47.6 Å². The Balaban J connectivity index is 1.64. The molecule has 0 aromatic carbocycles. The molecular weight excluding hydrogens is 897 g/mol. The normalized spacial score (nSPS) is 38.7. The molecule has 68 heavy (non-hydrogen) atoms. The van der Waals surface area contributed by atoms with Crippen LogP contribution in [0.3, 0.4) is 0 Å². The van der Waals surface area contributed by atoms with Gasteiger partial charge < -0.3 is 38.8 Å². The molecule has 0 radical (unpaired) electrons. The predicted molar refractivity (Wildman–Crippen MR) is 257 cm³/mol. The SMILES string of the molecule is COC1C(=O)C(C)CC\C=C/C=C\C=C(\C)C(NS(=O)O)C[C@H]2CC[C@H](C)[C@](O)(O2)C(=O)C(=O)N(C)C(C)C(=O)OC([C@H](C)C[C@@H]2CC[C@@H](OCC3CC3)[C@H](OC)C2)CC(=O)C(C)/C=C(/C)C1O. The summed E-state index contributed by atoms with van der Waals surface area (Å²) in [5.41, 5.74) is 1.02. The number of esters is 1. The second-order valence-corrected chi connectivity index (χ2v) is 20.8. The Morgan fingerprint density at radius 3 is 2.24 bits per heavy atom. The van der Waals surface area contributed by atoms with Gasteiger partial charge in [-0.3, -0.25) is 23.7 Å². The average Bonchev–Trinajstić information content (AvgIpc) is 4.14. The third kappa shape index (κ3) is 16.1. The number of aliphatic hydroxyl groups is 2. The van der Waals surface area contributed by atoms with Crippen LogP contribution in [0.4, 0.5) is 0 Å². The van der Waals surface area contributed by atoms with Crippen LogP contribution < -0.4 is 4.72 Å². The zero-order chi connectivity index (χ0) is 50.5. The van der Waals surface area contributed by atoms with Crippen molar-refractivity contribution < 1.29 is 66.6 Å².